The van der Waals surface area contributed by atoms with Crippen molar-refractivity contribution in [2.24, 2.45) is 0 Å². The molecule has 0 aromatic rings. The third kappa shape index (κ3) is 68.3. The van der Waals surface area contributed by atoms with E-state index >= 15 is 0 Å². The smallest absolute Gasteiger partial charge is 0.306 e. The highest BCUT2D eigenvalue weighted by atomic mass is 16.6. The van der Waals surface area contributed by atoms with Gasteiger partial charge in [-0.15, -0.1) is 0 Å². The normalized spacial score (nSPS) is 13.2. The maximum atomic E-state index is 12.3. The number of unbranched alkanes of at least 4 members (excludes halogenated alkanes) is 30. The monoisotopic (exact) mass is 1130 g/mol. The average Bonchev–Trinajstić information content (AvgIpc) is 3.49. The molecule has 0 rings (SSSR count). The predicted molar refractivity (Wildman–Crippen MR) is 361 cm³/mol. The minimum Gasteiger partial charge on any atom is -0.462 e. The summed E-state index contributed by atoms with van der Waals surface area (Å²) < 4.78 is 10.7. The molecule has 0 saturated carbocycles. The first-order valence-corrected chi connectivity index (χ1v) is 34.4. The van der Waals surface area contributed by atoms with Crippen LogP contribution in [-0.4, -0.2) is 36.4 Å². The Morgan fingerprint density at radius 2 is 0.524 bits per heavy atom. The molecule has 1 N–H and O–H groups in total. The summed E-state index contributed by atoms with van der Waals surface area (Å²) in [5.41, 5.74) is 0. The summed E-state index contributed by atoms with van der Waals surface area (Å²) in [6, 6.07) is 0. The van der Waals surface area contributed by atoms with Gasteiger partial charge in [0.15, 0.2) is 6.10 Å². The van der Waals surface area contributed by atoms with Crippen molar-refractivity contribution in [3.63, 3.8) is 0 Å². The van der Waals surface area contributed by atoms with Gasteiger partial charge in [0, 0.05) is 12.8 Å². The van der Waals surface area contributed by atoms with Crippen LogP contribution in [0.1, 0.15) is 309 Å². The number of carbonyl (C=O) groups is 2. The van der Waals surface area contributed by atoms with Gasteiger partial charge in [-0.25, -0.2) is 0 Å². The summed E-state index contributed by atoms with van der Waals surface area (Å²) in [7, 11) is 0. The third-order valence-corrected chi connectivity index (χ3v) is 14.6. The van der Waals surface area contributed by atoms with E-state index in [-0.39, 0.29) is 25.2 Å². The Hall–Kier alpha value is -4.22. The standard InChI is InChI=1S/C77H128O5/c1-3-5-7-9-11-13-15-17-19-21-23-25-27-29-31-33-34-35-36-37-38-39-40-41-42-44-46-48-50-52-54-56-58-60-62-64-66-68-70-72-77(80)82-75(73-78)74-81-76(79)71-69-67-65-63-61-59-57-55-53-51-49-47-45-43-32-30-28-26-24-22-20-18-16-14-12-10-8-6-4-2/h5,7,11,13,17,19,23,25,29,31,34-35,37-38,40-41,44,46,50,52,56,58,62,64,75,78H,3-4,6,8-10,12,14-16,18,20-22,24,26-28,30,32-33,36,39,42-43,45,47-49,51,53-55,57,59-61,63,65-74H2,1-2H3/b7-5-,13-11-,19-17-,25-23-,31-29-,35-34-,38-37-,41-40-,46-44-,52-50-,58-56-,64-62-. The van der Waals surface area contributed by atoms with E-state index in [1.165, 1.54) is 167 Å². The van der Waals surface area contributed by atoms with Gasteiger partial charge in [-0.1, -0.05) is 339 Å². The first-order valence-electron chi connectivity index (χ1n) is 34.4. The van der Waals surface area contributed by atoms with Gasteiger partial charge in [0.25, 0.3) is 0 Å². The molecule has 466 valence electrons. The molecule has 0 heterocycles. The van der Waals surface area contributed by atoms with Crippen LogP contribution in [0.25, 0.3) is 0 Å². The van der Waals surface area contributed by atoms with Crippen molar-refractivity contribution in [3.05, 3.63) is 146 Å². The van der Waals surface area contributed by atoms with Gasteiger partial charge in [0.1, 0.15) is 6.61 Å². The summed E-state index contributed by atoms with van der Waals surface area (Å²) in [4.78, 5) is 24.6. The number of aliphatic hydroxyl groups excluding tert-OH is 1. The molecule has 82 heavy (non-hydrogen) atoms. The molecular formula is C77H128O5. The molecule has 0 aliphatic rings. The maximum Gasteiger partial charge on any atom is 0.306 e. The lowest BCUT2D eigenvalue weighted by Gasteiger charge is -2.15. The Balaban J connectivity index is 3.61. The van der Waals surface area contributed by atoms with Gasteiger partial charge in [0.05, 0.1) is 6.61 Å². The number of aliphatic hydroxyl groups is 1. The SMILES string of the molecule is CC/C=C\C/C=C\C/C=C\C/C=C\C/C=C\C/C=C\C/C=C\C/C=C\C/C=C\C/C=C\C/C=C\C/C=C\CCCCC(=O)OC(CO)COC(=O)CCCCCCCCCCCCCCCCCCCCCCCCCCCCCCC. The predicted octanol–water partition coefficient (Wildman–Crippen LogP) is 24.1. The lowest BCUT2D eigenvalue weighted by molar-refractivity contribution is -0.161. The van der Waals surface area contributed by atoms with E-state index in [1.54, 1.807) is 0 Å². The minimum absolute atomic E-state index is 0.0889. The molecule has 0 aliphatic heterocycles. The number of carbonyl (C=O) groups excluding carboxylic acids is 2. The van der Waals surface area contributed by atoms with Crippen LogP contribution in [0, 0.1) is 0 Å². The summed E-state index contributed by atoms with van der Waals surface area (Å²) in [5.74, 6) is -0.640. The minimum atomic E-state index is -0.805. The van der Waals surface area contributed by atoms with Crippen molar-refractivity contribution in [2.75, 3.05) is 13.2 Å². The molecular weight excluding hydrogens is 1000 g/mol. The molecule has 0 spiro atoms. The molecule has 0 bridgehead atoms. The molecule has 1 unspecified atom stereocenters. The molecule has 5 nitrogen and oxygen atoms in total. The number of hydrogen-bond donors (Lipinski definition) is 1. The van der Waals surface area contributed by atoms with Crippen molar-refractivity contribution in [1.82, 2.24) is 0 Å². The second kappa shape index (κ2) is 71.0. The number of rotatable bonds is 62. The number of esters is 2. The van der Waals surface area contributed by atoms with Crippen molar-refractivity contribution in [3.8, 4) is 0 Å². The molecule has 0 amide bonds. The molecule has 0 radical (unpaired) electrons. The van der Waals surface area contributed by atoms with Crippen molar-refractivity contribution < 1.29 is 24.2 Å². The van der Waals surface area contributed by atoms with Crippen LogP contribution in [0.3, 0.4) is 0 Å². The van der Waals surface area contributed by atoms with Crippen LogP contribution in [0.2, 0.25) is 0 Å². The fraction of sp³-hybridized carbons (Fsp3) is 0.662. The van der Waals surface area contributed by atoms with E-state index in [0.717, 1.165) is 116 Å². The third-order valence-electron chi connectivity index (χ3n) is 14.6. The van der Waals surface area contributed by atoms with Gasteiger partial charge >= 0.3 is 11.9 Å². The quantitative estimate of drug-likeness (QED) is 0.0373. The van der Waals surface area contributed by atoms with Crippen LogP contribution in [0.4, 0.5) is 0 Å². The Kier molecular flexibility index (Phi) is 67.4. The molecule has 0 aromatic carbocycles. The number of hydrogen-bond acceptors (Lipinski definition) is 5. The lowest BCUT2D eigenvalue weighted by Crippen LogP contribution is -2.28. The highest BCUT2D eigenvalue weighted by Crippen LogP contribution is 2.17. The summed E-state index contributed by atoms with van der Waals surface area (Å²) >= 11 is 0. The summed E-state index contributed by atoms with van der Waals surface area (Å²) in [6.45, 7) is 4.02. The zero-order chi connectivity index (χ0) is 59.1. The van der Waals surface area contributed by atoms with Crippen LogP contribution in [0.5, 0.6) is 0 Å². The van der Waals surface area contributed by atoms with E-state index in [9.17, 15) is 14.7 Å². The molecule has 0 aromatic heterocycles. The number of allylic oxidation sites excluding steroid dienone is 24. The van der Waals surface area contributed by atoms with E-state index < -0.39 is 6.10 Å². The van der Waals surface area contributed by atoms with Crippen LogP contribution >= 0.6 is 0 Å². The Labute approximate surface area is 508 Å². The molecule has 0 aliphatic carbocycles. The van der Waals surface area contributed by atoms with Gasteiger partial charge in [-0.2, -0.15) is 0 Å². The summed E-state index contributed by atoms with van der Waals surface area (Å²) in [6.07, 6.45) is 107. The Bertz CT molecular complexity index is 1710. The molecule has 5 heteroatoms. The first kappa shape index (κ1) is 77.8. The van der Waals surface area contributed by atoms with Crippen LogP contribution < -0.4 is 0 Å². The van der Waals surface area contributed by atoms with Crippen molar-refractivity contribution in [1.29, 1.82) is 0 Å². The molecule has 1 atom stereocenters. The highest BCUT2D eigenvalue weighted by Gasteiger charge is 2.16. The van der Waals surface area contributed by atoms with E-state index in [2.05, 4.69) is 160 Å². The van der Waals surface area contributed by atoms with Gasteiger partial charge in [-0.3, -0.25) is 9.59 Å². The van der Waals surface area contributed by atoms with Crippen molar-refractivity contribution in [2.45, 2.75) is 315 Å². The molecule has 0 fully saturated rings. The van der Waals surface area contributed by atoms with Crippen molar-refractivity contribution >= 4 is 11.9 Å². The van der Waals surface area contributed by atoms with Crippen LogP contribution in [-0.2, 0) is 19.1 Å². The fourth-order valence-electron chi connectivity index (χ4n) is 9.54. The second-order valence-corrected chi connectivity index (χ2v) is 22.5. The fourth-order valence-corrected chi connectivity index (χ4v) is 9.54. The van der Waals surface area contributed by atoms with E-state index in [0.29, 0.717) is 12.8 Å². The number of ether oxygens (including phenoxy) is 2. The zero-order valence-electron chi connectivity index (χ0n) is 53.5. The van der Waals surface area contributed by atoms with Gasteiger partial charge in [0.2, 0.25) is 0 Å². The highest BCUT2D eigenvalue weighted by molar-refractivity contribution is 5.70. The topological polar surface area (TPSA) is 72.8 Å². The lowest BCUT2D eigenvalue weighted by atomic mass is 10.0. The first-order chi connectivity index (χ1) is 40.6. The molecule has 0 saturated heterocycles. The van der Waals surface area contributed by atoms with E-state index in [1.807, 2.05) is 0 Å². The Morgan fingerprint density at radius 1 is 0.293 bits per heavy atom. The largest absolute Gasteiger partial charge is 0.462 e. The average molecular weight is 1130 g/mol. The zero-order valence-corrected chi connectivity index (χ0v) is 53.5. The maximum absolute atomic E-state index is 12.3. The second-order valence-electron chi connectivity index (χ2n) is 22.5. The van der Waals surface area contributed by atoms with Crippen LogP contribution in [0.15, 0.2) is 146 Å². The Morgan fingerprint density at radius 3 is 0.793 bits per heavy atom. The van der Waals surface area contributed by atoms with Gasteiger partial charge in [-0.05, 0) is 103 Å². The summed E-state index contributed by atoms with van der Waals surface area (Å²) in [5, 5.41) is 9.69. The van der Waals surface area contributed by atoms with E-state index in [4.69, 9.17) is 9.47 Å². The van der Waals surface area contributed by atoms with Gasteiger partial charge < -0.3 is 14.6 Å².